The van der Waals surface area contributed by atoms with E-state index in [2.05, 4.69) is 4.18 Å². The topological polar surface area (TPSA) is 43.4 Å². The summed E-state index contributed by atoms with van der Waals surface area (Å²) in [5.41, 5.74) is -0.491. The quantitative estimate of drug-likeness (QED) is 0.636. The molecule has 3 nitrogen and oxygen atoms in total. The Hall–Kier alpha value is -0.0900. The maximum atomic E-state index is 10.1. The third kappa shape index (κ3) is 3.17. The zero-order valence-electron chi connectivity index (χ0n) is 6.59. The Morgan fingerprint density at radius 3 is 1.80 bits per heavy atom. The van der Waals surface area contributed by atoms with Gasteiger partial charge in [-0.1, -0.05) is 13.8 Å². The highest BCUT2D eigenvalue weighted by Crippen LogP contribution is 2.18. The molecule has 0 aromatic carbocycles. The van der Waals surface area contributed by atoms with Gasteiger partial charge in [0, 0.05) is 0 Å². The van der Waals surface area contributed by atoms with E-state index in [0.717, 1.165) is 0 Å². The molecule has 0 aliphatic rings. The summed E-state index contributed by atoms with van der Waals surface area (Å²) in [6, 6.07) is 0. The first-order chi connectivity index (χ1) is 4.54. The molecule has 0 atom stereocenters. The van der Waals surface area contributed by atoms with Crippen molar-refractivity contribution < 1.29 is 12.6 Å². The molecule has 0 amide bonds. The van der Waals surface area contributed by atoms with Gasteiger partial charge in [0.1, 0.15) is 0 Å². The molecule has 0 saturated heterocycles. The Bertz CT molecular complexity index is 150. The maximum absolute atomic E-state index is 10.1. The highest BCUT2D eigenvalue weighted by atomic mass is 32.2. The zero-order chi connectivity index (χ0) is 8.20. The highest BCUT2D eigenvalue weighted by Gasteiger charge is 2.21. The van der Waals surface area contributed by atoms with Crippen LogP contribution in [0.2, 0.25) is 0 Å². The van der Waals surface area contributed by atoms with Gasteiger partial charge in [-0.3, -0.25) is 4.18 Å². The molecule has 0 saturated carbocycles. The van der Waals surface area contributed by atoms with E-state index in [0.29, 0.717) is 12.8 Å². The van der Waals surface area contributed by atoms with E-state index >= 15 is 0 Å². The Morgan fingerprint density at radius 2 is 1.70 bits per heavy atom. The third-order valence-corrected chi connectivity index (χ3v) is 2.38. The van der Waals surface area contributed by atoms with E-state index in [-0.39, 0.29) is 0 Å². The van der Waals surface area contributed by atoms with Crippen LogP contribution in [0.4, 0.5) is 0 Å². The van der Waals surface area contributed by atoms with Crippen LogP contribution < -0.4 is 0 Å². The van der Waals surface area contributed by atoms with Crippen LogP contribution in [0.3, 0.4) is 0 Å². The first kappa shape index (κ1) is 9.91. The molecule has 0 fully saturated rings. The summed E-state index contributed by atoms with van der Waals surface area (Å²) >= 11 is 0. The van der Waals surface area contributed by atoms with E-state index in [1.165, 1.54) is 0 Å². The molecular formula is C6H14O3S. The zero-order valence-corrected chi connectivity index (χ0v) is 7.48. The van der Waals surface area contributed by atoms with E-state index in [9.17, 15) is 8.42 Å². The summed E-state index contributed by atoms with van der Waals surface area (Å²) in [6.45, 7) is 5.60. The number of rotatable bonds is 4. The lowest BCUT2D eigenvalue weighted by Gasteiger charge is -2.22. The largest absolute Gasteiger partial charge is 0.266 e. The molecule has 0 rings (SSSR count). The predicted octanol–water partition coefficient (Wildman–Crippen LogP) is 1.11. The van der Waals surface area contributed by atoms with Crippen LogP contribution in [0, 0.1) is 0 Å². The van der Waals surface area contributed by atoms with Crippen molar-refractivity contribution in [3.05, 3.63) is 0 Å². The molecule has 0 aliphatic heterocycles. The average Bonchev–Trinajstić information content (AvgIpc) is 1.87. The number of thiol groups is 1. The van der Waals surface area contributed by atoms with Crippen molar-refractivity contribution >= 4 is 11.0 Å². The highest BCUT2D eigenvalue weighted by molar-refractivity contribution is 7.67. The summed E-state index contributed by atoms with van der Waals surface area (Å²) in [5, 5.41) is 0. The number of hydrogen-bond acceptors (Lipinski definition) is 3. The molecule has 0 aliphatic carbocycles. The van der Waals surface area contributed by atoms with Gasteiger partial charge in [0.05, 0.1) is 5.60 Å². The Kier molecular flexibility index (Phi) is 3.89. The summed E-state index contributed by atoms with van der Waals surface area (Å²) < 4.78 is 25.0. The molecule has 0 radical (unpaired) electrons. The van der Waals surface area contributed by atoms with Crippen LogP contribution in [0.5, 0.6) is 0 Å². The first-order valence-corrected chi connectivity index (χ1v) is 4.47. The molecule has 0 heterocycles. The molecular weight excluding hydrogens is 152 g/mol. The van der Waals surface area contributed by atoms with Crippen molar-refractivity contribution in [3.63, 3.8) is 0 Å². The van der Waals surface area contributed by atoms with E-state index in [4.69, 9.17) is 0 Å². The standard InChI is InChI=1S/C6H14O3S/c1-4-6(3,5-2)9-10(7)8/h10H,4-5H2,1-3H3. The fourth-order valence-electron chi connectivity index (χ4n) is 0.559. The van der Waals surface area contributed by atoms with Crippen molar-refractivity contribution in [1.82, 2.24) is 0 Å². The number of hydrogen-bond donors (Lipinski definition) is 1. The van der Waals surface area contributed by atoms with Gasteiger partial charge in [0.25, 0.3) is 11.0 Å². The summed E-state index contributed by atoms with van der Waals surface area (Å²) in [7, 11) is -2.70. The van der Waals surface area contributed by atoms with Gasteiger partial charge in [0.2, 0.25) is 0 Å². The van der Waals surface area contributed by atoms with Gasteiger partial charge >= 0.3 is 0 Å². The molecule has 10 heavy (non-hydrogen) atoms. The second-order valence-electron chi connectivity index (χ2n) is 2.47. The van der Waals surface area contributed by atoms with Gasteiger partial charge in [-0.25, -0.2) is 8.42 Å². The fraction of sp³-hybridized carbons (Fsp3) is 1.00. The average molecular weight is 166 g/mol. The molecule has 0 unspecified atom stereocenters. The fourth-order valence-corrected chi connectivity index (χ4v) is 1.18. The lowest BCUT2D eigenvalue weighted by molar-refractivity contribution is 0.0948. The minimum atomic E-state index is -2.70. The first-order valence-electron chi connectivity index (χ1n) is 3.37. The van der Waals surface area contributed by atoms with Gasteiger partial charge < -0.3 is 0 Å². The van der Waals surface area contributed by atoms with Crippen molar-refractivity contribution in [2.75, 3.05) is 0 Å². The lowest BCUT2D eigenvalue weighted by Crippen LogP contribution is -2.25. The molecule has 4 heteroatoms. The molecule has 0 N–H and O–H groups in total. The summed E-state index contributed by atoms with van der Waals surface area (Å²) in [4.78, 5) is 0. The molecule has 62 valence electrons. The Labute approximate surface area is 63.5 Å². The smallest absolute Gasteiger partial charge is 0.257 e. The van der Waals surface area contributed by atoms with Crippen molar-refractivity contribution in [2.24, 2.45) is 0 Å². The molecule has 0 aromatic heterocycles. The second-order valence-corrected chi connectivity index (χ2v) is 3.10. The Balaban J connectivity index is 4.05. The van der Waals surface area contributed by atoms with E-state index in [1.54, 1.807) is 6.92 Å². The van der Waals surface area contributed by atoms with Gasteiger partial charge in [-0.2, -0.15) is 0 Å². The SMILES string of the molecule is CCC(C)(CC)O[SH](=O)=O. The van der Waals surface area contributed by atoms with Crippen LogP contribution >= 0.6 is 0 Å². The van der Waals surface area contributed by atoms with Gasteiger partial charge in [0.15, 0.2) is 0 Å². The van der Waals surface area contributed by atoms with E-state index < -0.39 is 16.6 Å². The minimum Gasteiger partial charge on any atom is -0.266 e. The second kappa shape index (κ2) is 3.93. The van der Waals surface area contributed by atoms with Crippen molar-refractivity contribution in [2.45, 2.75) is 39.2 Å². The van der Waals surface area contributed by atoms with Crippen LogP contribution in [0.1, 0.15) is 33.6 Å². The van der Waals surface area contributed by atoms with Crippen LogP contribution in [-0.2, 0) is 15.2 Å². The minimum absolute atomic E-state index is 0.491. The van der Waals surface area contributed by atoms with Crippen LogP contribution in [0.25, 0.3) is 0 Å². The lowest BCUT2D eigenvalue weighted by atomic mass is 10.0. The monoisotopic (exact) mass is 166 g/mol. The van der Waals surface area contributed by atoms with Crippen molar-refractivity contribution in [1.29, 1.82) is 0 Å². The predicted molar refractivity (Wildman–Crippen MR) is 40.4 cm³/mol. The van der Waals surface area contributed by atoms with Crippen molar-refractivity contribution in [3.8, 4) is 0 Å². The van der Waals surface area contributed by atoms with E-state index in [1.807, 2.05) is 13.8 Å². The summed E-state index contributed by atoms with van der Waals surface area (Å²) in [6.07, 6.45) is 1.43. The van der Waals surface area contributed by atoms with Crippen LogP contribution in [-0.4, -0.2) is 14.0 Å². The summed E-state index contributed by atoms with van der Waals surface area (Å²) in [5.74, 6) is 0. The third-order valence-electron chi connectivity index (χ3n) is 1.79. The van der Waals surface area contributed by atoms with Gasteiger partial charge in [-0.15, -0.1) is 0 Å². The van der Waals surface area contributed by atoms with Gasteiger partial charge in [-0.05, 0) is 19.8 Å². The molecule has 0 bridgehead atoms. The Morgan fingerprint density at radius 1 is 1.30 bits per heavy atom. The maximum Gasteiger partial charge on any atom is 0.257 e. The normalized spacial score (nSPS) is 12.4. The molecule has 0 spiro atoms. The van der Waals surface area contributed by atoms with Crippen LogP contribution in [0.15, 0.2) is 0 Å². The molecule has 0 aromatic rings.